The summed E-state index contributed by atoms with van der Waals surface area (Å²) in [5, 5.41) is 7.64. The van der Waals surface area contributed by atoms with Crippen molar-refractivity contribution in [1.29, 1.82) is 0 Å². The molecule has 0 bridgehead atoms. The molecule has 1 aromatic heterocycles. The second kappa shape index (κ2) is 9.64. The van der Waals surface area contributed by atoms with Crippen molar-refractivity contribution < 1.29 is 13.2 Å². The minimum absolute atomic E-state index is 0.109. The van der Waals surface area contributed by atoms with Crippen LogP contribution in [0.5, 0.6) is 0 Å². The number of H-pyrrole nitrogens is 1. The van der Waals surface area contributed by atoms with E-state index in [1.807, 2.05) is 18.1 Å². The number of benzene rings is 2. The van der Waals surface area contributed by atoms with Crippen LogP contribution < -0.4 is 0 Å². The molecular formula is C23H28N4O3S2. The third-order valence-corrected chi connectivity index (χ3v) is 8.72. The predicted octanol–water partition coefficient (Wildman–Crippen LogP) is 3.73. The summed E-state index contributed by atoms with van der Waals surface area (Å²) in [6, 6.07) is 13.3. The highest BCUT2D eigenvalue weighted by atomic mass is 32.2. The van der Waals surface area contributed by atoms with Gasteiger partial charge in [0.2, 0.25) is 15.9 Å². The number of rotatable bonds is 7. The Morgan fingerprint density at radius 3 is 2.56 bits per heavy atom. The van der Waals surface area contributed by atoms with Gasteiger partial charge in [-0.1, -0.05) is 12.1 Å². The van der Waals surface area contributed by atoms with Gasteiger partial charge in [0.05, 0.1) is 16.6 Å². The molecule has 1 aliphatic heterocycles. The Labute approximate surface area is 193 Å². The fourth-order valence-electron chi connectivity index (χ4n) is 4.12. The first kappa shape index (κ1) is 22.8. The molecule has 0 aliphatic carbocycles. The highest BCUT2D eigenvalue weighted by Gasteiger charge is 2.33. The average Bonchev–Trinajstić information content (AvgIpc) is 3.30. The topological polar surface area (TPSA) is 86.4 Å². The number of hydrogen-bond donors (Lipinski definition) is 1. The highest BCUT2D eigenvalue weighted by Crippen LogP contribution is 2.27. The summed E-state index contributed by atoms with van der Waals surface area (Å²) in [7, 11) is -3.60. The minimum Gasteiger partial charge on any atom is -0.338 e. The Hall–Kier alpha value is -2.36. The number of piperidine rings is 1. The van der Waals surface area contributed by atoms with Crippen LogP contribution in [0.1, 0.15) is 25.3 Å². The maximum Gasteiger partial charge on any atom is 0.243 e. The zero-order valence-corrected chi connectivity index (χ0v) is 20.0. The molecule has 2 aromatic carbocycles. The number of amides is 1. The molecular weight excluding hydrogens is 444 g/mol. The molecule has 3 aromatic rings. The first-order chi connectivity index (χ1) is 15.4. The summed E-state index contributed by atoms with van der Waals surface area (Å²) in [5.41, 5.74) is 1.80. The largest absolute Gasteiger partial charge is 0.338 e. The van der Waals surface area contributed by atoms with Crippen LogP contribution in [0.3, 0.4) is 0 Å². The Balaban J connectivity index is 1.39. The molecule has 0 atom stereocenters. The van der Waals surface area contributed by atoms with Gasteiger partial charge in [-0.3, -0.25) is 9.89 Å². The summed E-state index contributed by atoms with van der Waals surface area (Å²) in [6.45, 7) is 3.89. The monoisotopic (exact) mass is 472 g/mol. The van der Waals surface area contributed by atoms with Crippen LogP contribution in [-0.4, -0.2) is 59.6 Å². The number of fused-ring (bicyclic) bond motifs is 1. The Bertz CT molecular complexity index is 1180. The second-order valence-corrected chi connectivity index (χ2v) is 10.8. The van der Waals surface area contributed by atoms with Crippen molar-refractivity contribution in [2.45, 2.75) is 36.1 Å². The van der Waals surface area contributed by atoms with E-state index in [1.54, 1.807) is 36.2 Å². The lowest BCUT2D eigenvalue weighted by Gasteiger charge is -2.33. The lowest BCUT2D eigenvalue weighted by molar-refractivity contribution is -0.137. The number of thioether (sulfide) groups is 1. The van der Waals surface area contributed by atoms with Gasteiger partial charge in [0.1, 0.15) is 0 Å². The van der Waals surface area contributed by atoms with Crippen molar-refractivity contribution in [3.05, 3.63) is 54.2 Å². The lowest BCUT2D eigenvalue weighted by Crippen LogP contribution is -2.44. The standard InChI is InChI=1S/C23H28N4O3S2/c1-3-26(16-17-4-7-20(31-2)8-5-17)23(28)18-10-12-27(13-11-18)32(29,30)21-9-6-19-15-24-25-22(19)14-21/h4-9,14-15,18H,3,10-13,16H2,1-2H3,(H,24,25). The lowest BCUT2D eigenvalue weighted by atomic mass is 9.96. The summed E-state index contributed by atoms with van der Waals surface area (Å²) >= 11 is 1.69. The molecule has 0 spiro atoms. The molecule has 4 rings (SSSR count). The normalized spacial score (nSPS) is 15.8. The number of nitrogens with one attached hydrogen (secondary N) is 1. The zero-order valence-electron chi connectivity index (χ0n) is 18.3. The van der Waals surface area contributed by atoms with E-state index in [9.17, 15) is 13.2 Å². The fraction of sp³-hybridized carbons (Fsp3) is 0.391. The summed E-state index contributed by atoms with van der Waals surface area (Å²) in [4.78, 5) is 16.5. The van der Waals surface area contributed by atoms with E-state index in [0.29, 0.717) is 44.5 Å². The van der Waals surface area contributed by atoms with E-state index in [0.717, 1.165) is 10.9 Å². The van der Waals surface area contributed by atoms with Gasteiger partial charge in [0.15, 0.2) is 0 Å². The first-order valence-corrected chi connectivity index (χ1v) is 13.4. The molecule has 0 unspecified atom stereocenters. The Morgan fingerprint density at radius 1 is 1.19 bits per heavy atom. The molecule has 0 radical (unpaired) electrons. The molecule has 1 N–H and O–H groups in total. The molecule has 1 amide bonds. The van der Waals surface area contributed by atoms with Crippen molar-refractivity contribution in [2.75, 3.05) is 25.9 Å². The average molecular weight is 473 g/mol. The van der Waals surface area contributed by atoms with Crippen LogP contribution in [0.4, 0.5) is 0 Å². The quantitative estimate of drug-likeness (QED) is 0.530. The molecule has 2 heterocycles. The van der Waals surface area contributed by atoms with E-state index in [4.69, 9.17) is 0 Å². The van der Waals surface area contributed by atoms with Gasteiger partial charge >= 0.3 is 0 Å². The van der Waals surface area contributed by atoms with Gasteiger partial charge in [-0.15, -0.1) is 11.8 Å². The van der Waals surface area contributed by atoms with Gasteiger partial charge in [-0.05, 0) is 61.9 Å². The maximum atomic E-state index is 13.1. The molecule has 1 saturated heterocycles. The van der Waals surface area contributed by atoms with E-state index in [1.165, 1.54) is 9.20 Å². The summed E-state index contributed by atoms with van der Waals surface area (Å²) in [6.07, 6.45) is 4.77. The first-order valence-electron chi connectivity index (χ1n) is 10.8. The molecule has 32 heavy (non-hydrogen) atoms. The van der Waals surface area contributed by atoms with Crippen LogP contribution in [0.2, 0.25) is 0 Å². The fourth-order valence-corrected chi connectivity index (χ4v) is 6.03. The number of carbonyl (C=O) groups is 1. The van der Waals surface area contributed by atoms with E-state index in [-0.39, 0.29) is 16.7 Å². The molecule has 1 fully saturated rings. The highest BCUT2D eigenvalue weighted by molar-refractivity contribution is 7.98. The number of carbonyl (C=O) groups excluding carboxylic acids is 1. The van der Waals surface area contributed by atoms with Crippen molar-refractivity contribution in [1.82, 2.24) is 19.4 Å². The predicted molar refractivity (Wildman–Crippen MR) is 127 cm³/mol. The summed E-state index contributed by atoms with van der Waals surface area (Å²) < 4.78 is 27.7. The smallest absolute Gasteiger partial charge is 0.243 e. The Morgan fingerprint density at radius 2 is 1.91 bits per heavy atom. The van der Waals surface area contributed by atoms with Crippen molar-refractivity contribution in [3.8, 4) is 0 Å². The molecule has 9 heteroatoms. The third-order valence-electron chi connectivity index (χ3n) is 6.08. The number of aromatic amines is 1. The third kappa shape index (κ3) is 4.69. The van der Waals surface area contributed by atoms with Gasteiger partial charge in [-0.25, -0.2) is 8.42 Å². The summed E-state index contributed by atoms with van der Waals surface area (Å²) in [5.74, 6) is -0.0423. The van der Waals surface area contributed by atoms with E-state index < -0.39 is 10.0 Å². The van der Waals surface area contributed by atoms with Crippen LogP contribution in [0, 0.1) is 5.92 Å². The van der Waals surface area contributed by atoms with Crippen molar-refractivity contribution in [2.24, 2.45) is 5.92 Å². The number of aromatic nitrogens is 2. The van der Waals surface area contributed by atoms with E-state index in [2.05, 4.69) is 34.5 Å². The maximum absolute atomic E-state index is 13.1. The Kier molecular flexibility index (Phi) is 6.88. The van der Waals surface area contributed by atoms with Crippen LogP contribution in [0.25, 0.3) is 10.9 Å². The minimum atomic E-state index is -3.60. The molecule has 7 nitrogen and oxygen atoms in total. The van der Waals surface area contributed by atoms with Gasteiger partial charge in [-0.2, -0.15) is 9.40 Å². The van der Waals surface area contributed by atoms with Gasteiger partial charge in [0, 0.05) is 42.4 Å². The molecule has 0 saturated carbocycles. The molecule has 1 aliphatic rings. The zero-order chi connectivity index (χ0) is 22.7. The van der Waals surface area contributed by atoms with Gasteiger partial charge in [0.25, 0.3) is 0 Å². The van der Waals surface area contributed by atoms with Crippen LogP contribution in [-0.2, 0) is 21.4 Å². The molecule has 170 valence electrons. The number of sulfonamides is 1. The van der Waals surface area contributed by atoms with Crippen molar-refractivity contribution in [3.63, 3.8) is 0 Å². The number of nitrogens with zero attached hydrogens (tertiary/aromatic N) is 3. The van der Waals surface area contributed by atoms with E-state index >= 15 is 0 Å². The second-order valence-electron chi connectivity index (χ2n) is 8.00. The van der Waals surface area contributed by atoms with Gasteiger partial charge < -0.3 is 4.90 Å². The van der Waals surface area contributed by atoms with Crippen LogP contribution in [0.15, 0.2) is 58.5 Å². The SMILES string of the molecule is CCN(Cc1ccc(SC)cc1)C(=O)C1CCN(S(=O)(=O)c2ccc3cn[nH]c3c2)CC1. The van der Waals surface area contributed by atoms with Crippen molar-refractivity contribution >= 4 is 38.6 Å². The van der Waals surface area contributed by atoms with Crippen LogP contribution >= 0.6 is 11.8 Å². The number of hydrogen-bond acceptors (Lipinski definition) is 5.